The normalized spacial score (nSPS) is 14.2. The lowest BCUT2D eigenvalue weighted by Crippen LogP contribution is -2.41. The van der Waals surface area contributed by atoms with E-state index in [1.807, 2.05) is 18.2 Å². The van der Waals surface area contributed by atoms with E-state index in [2.05, 4.69) is 11.8 Å². The Morgan fingerprint density at radius 3 is 2.31 bits per heavy atom. The molecule has 7 nitrogen and oxygen atoms in total. The molecule has 0 unspecified atom stereocenters. The van der Waals surface area contributed by atoms with Gasteiger partial charge in [-0.1, -0.05) is 24.1 Å². The van der Waals surface area contributed by atoms with Crippen molar-refractivity contribution >= 4 is 21.7 Å². The van der Waals surface area contributed by atoms with E-state index in [-0.39, 0.29) is 17.4 Å². The Bertz CT molecular complexity index is 1090. The van der Waals surface area contributed by atoms with Crippen molar-refractivity contribution in [3.63, 3.8) is 0 Å². The second-order valence-electron chi connectivity index (χ2n) is 7.29. The van der Waals surface area contributed by atoms with Crippen LogP contribution >= 0.6 is 0 Å². The number of esters is 1. The highest BCUT2D eigenvalue weighted by Gasteiger charge is 2.28. The number of sulfone groups is 1. The lowest BCUT2D eigenvalue weighted by Gasteiger charge is -2.31. The fraction of sp³-hybridized carbons (Fsp3) is 0.333. The number of hydrogen-bond donors (Lipinski definition) is 0. The summed E-state index contributed by atoms with van der Waals surface area (Å²) in [7, 11) is -3.84. The van der Waals surface area contributed by atoms with E-state index in [0.29, 0.717) is 37.2 Å². The van der Waals surface area contributed by atoms with Crippen LogP contribution in [0.2, 0.25) is 0 Å². The first-order chi connectivity index (χ1) is 15.4. The van der Waals surface area contributed by atoms with E-state index in [4.69, 9.17) is 9.47 Å². The molecule has 2 aromatic rings. The minimum Gasteiger partial charge on any atom is -0.481 e. The van der Waals surface area contributed by atoms with E-state index >= 15 is 0 Å². The standard InChI is InChI=1S/C24H25NO6S/c1-2-3-17-30-20-9-11-22(12-10-20)32(28,29)18-23(26)31-21-13-15-25(16-14-21)24(27)19-7-5-4-6-8-19/h4-12,21H,13-18H2,1H3. The van der Waals surface area contributed by atoms with Gasteiger partial charge >= 0.3 is 5.97 Å². The van der Waals surface area contributed by atoms with Gasteiger partial charge in [0.25, 0.3) is 5.91 Å². The third kappa shape index (κ3) is 6.34. The summed E-state index contributed by atoms with van der Waals surface area (Å²) >= 11 is 0. The molecule has 0 atom stereocenters. The molecule has 2 aromatic carbocycles. The van der Waals surface area contributed by atoms with E-state index in [1.54, 1.807) is 24.0 Å². The van der Waals surface area contributed by atoms with Crippen LogP contribution in [0.3, 0.4) is 0 Å². The molecule has 1 amide bonds. The molecule has 0 aromatic heterocycles. The van der Waals surface area contributed by atoms with Crippen LogP contribution in [0.4, 0.5) is 0 Å². The van der Waals surface area contributed by atoms with Gasteiger partial charge in [-0.25, -0.2) is 8.42 Å². The lowest BCUT2D eigenvalue weighted by molar-refractivity contribution is -0.147. The van der Waals surface area contributed by atoms with Gasteiger partial charge in [0.15, 0.2) is 15.6 Å². The number of nitrogens with zero attached hydrogens (tertiary/aromatic N) is 1. The summed E-state index contributed by atoms with van der Waals surface area (Å²) in [5.74, 6) is 4.35. The fourth-order valence-electron chi connectivity index (χ4n) is 3.33. The molecule has 0 spiro atoms. The Morgan fingerprint density at radius 1 is 1.03 bits per heavy atom. The number of likely N-dealkylation sites (tertiary alicyclic amines) is 1. The van der Waals surface area contributed by atoms with Gasteiger partial charge in [-0.05, 0) is 43.3 Å². The largest absolute Gasteiger partial charge is 0.481 e. The zero-order chi connectivity index (χ0) is 23.0. The number of hydrogen-bond acceptors (Lipinski definition) is 6. The van der Waals surface area contributed by atoms with Crippen molar-refractivity contribution in [3.05, 3.63) is 60.2 Å². The highest BCUT2D eigenvalue weighted by Crippen LogP contribution is 2.19. The summed E-state index contributed by atoms with van der Waals surface area (Å²) in [6.07, 6.45) is 0.529. The van der Waals surface area contributed by atoms with Crippen LogP contribution < -0.4 is 4.74 Å². The van der Waals surface area contributed by atoms with Gasteiger partial charge in [0.05, 0.1) is 4.90 Å². The van der Waals surface area contributed by atoms with Crippen molar-refractivity contribution in [1.82, 2.24) is 4.90 Å². The van der Waals surface area contributed by atoms with Gasteiger partial charge in [0.2, 0.25) is 0 Å². The first-order valence-electron chi connectivity index (χ1n) is 10.3. The van der Waals surface area contributed by atoms with Crippen LogP contribution in [-0.4, -0.2) is 56.7 Å². The number of rotatable bonds is 7. The Balaban J connectivity index is 1.49. The second kappa shape index (κ2) is 10.8. The highest BCUT2D eigenvalue weighted by molar-refractivity contribution is 7.92. The minimum atomic E-state index is -3.84. The van der Waals surface area contributed by atoms with Gasteiger partial charge in [-0.2, -0.15) is 0 Å². The molecule has 3 rings (SSSR count). The molecule has 168 valence electrons. The van der Waals surface area contributed by atoms with Crippen LogP contribution in [0.5, 0.6) is 5.75 Å². The first-order valence-corrected chi connectivity index (χ1v) is 11.9. The van der Waals surface area contributed by atoms with Crippen molar-refractivity contribution in [2.24, 2.45) is 0 Å². The lowest BCUT2D eigenvalue weighted by atomic mass is 10.1. The SMILES string of the molecule is CC#CCOc1ccc(S(=O)(=O)CC(=O)OC2CCN(C(=O)c3ccccc3)CC2)cc1. The first kappa shape index (κ1) is 23.4. The molecular weight excluding hydrogens is 430 g/mol. The van der Waals surface area contributed by atoms with Crippen molar-refractivity contribution in [3.8, 4) is 17.6 Å². The molecule has 1 aliphatic heterocycles. The number of carbonyl (C=O) groups excluding carboxylic acids is 2. The molecule has 32 heavy (non-hydrogen) atoms. The quantitative estimate of drug-likeness (QED) is 0.471. The molecule has 0 bridgehead atoms. The third-order valence-corrected chi connectivity index (χ3v) is 6.63. The van der Waals surface area contributed by atoms with Gasteiger partial charge < -0.3 is 14.4 Å². The average molecular weight is 456 g/mol. The predicted octanol–water partition coefficient (Wildman–Crippen LogP) is 2.71. The van der Waals surface area contributed by atoms with Crippen LogP contribution in [0, 0.1) is 11.8 Å². The van der Waals surface area contributed by atoms with Crippen molar-refractivity contribution in [1.29, 1.82) is 0 Å². The average Bonchev–Trinajstić information content (AvgIpc) is 2.80. The number of amides is 1. The van der Waals surface area contributed by atoms with Crippen LogP contribution in [0.15, 0.2) is 59.5 Å². The van der Waals surface area contributed by atoms with Crippen molar-refractivity contribution in [2.75, 3.05) is 25.4 Å². The molecule has 1 saturated heterocycles. The molecule has 0 saturated carbocycles. The molecule has 1 fully saturated rings. The van der Waals surface area contributed by atoms with Gasteiger partial charge in [-0.3, -0.25) is 9.59 Å². The van der Waals surface area contributed by atoms with Gasteiger partial charge in [0.1, 0.15) is 18.5 Å². The Morgan fingerprint density at radius 2 is 1.69 bits per heavy atom. The van der Waals surface area contributed by atoms with Gasteiger partial charge in [-0.15, -0.1) is 5.92 Å². The van der Waals surface area contributed by atoms with E-state index in [1.165, 1.54) is 24.3 Å². The second-order valence-corrected chi connectivity index (χ2v) is 9.28. The number of benzene rings is 2. The van der Waals surface area contributed by atoms with Crippen molar-refractivity contribution < 1.29 is 27.5 Å². The maximum absolute atomic E-state index is 12.5. The molecule has 8 heteroatoms. The Labute approximate surface area is 188 Å². The summed E-state index contributed by atoms with van der Waals surface area (Å²) in [5.41, 5.74) is 0.615. The van der Waals surface area contributed by atoms with Crippen LogP contribution in [0.25, 0.3) is 0 Å². The maximum Gasteiger partial charge on any atom is 0.321 e. The smallest absolute Gasteiger partial charge is 0.321 e. The van der Waals surface area contributed by atoms with Crippen LogP contribution in [-0.2, 0) is 19.4 Å². The van der Waals surface area contributed by atoms with Gasteiger partial charge in [0, 0.05) is 31.5 Å². The molecule has 0 aliphatic carbocycles. The van der Waals surface area contributed by atoms with E-state index < -0.39 is 27.7 Å². The Hall–Kier alpha value is -3.31. The Kier molecular flexibility index (Phi) is 7.90. The number of ether oxygens (including phenoxy) is 2. The monoisotopic (exact) mass is 455 g/mol. The molecule has 1 heterocycles. The topological polar surface area (TPSA) is 90.0 Å². The summed E-state index contributed by atoms with van der Waals surface area (Å²) in [6.45, 7) is 2.81. The molecule has 1 aliphatic rings. The summed E-state index contributed by atoms with van der Waals surface area (Å²) in [4.78, 5) is 26.5. The fourth-order valence-corrected chi connectivity index (χ4v) is 4.43. The van der Waals surface area contributed by atoms with E-state index in [9.17, 15) is 18.0 Å². The number of carbonyl (C=O) groups is 2. The predicted molar refractivity (Wildman–Crippen MR) is 119 cm³/mol. The van der Waals surface area contributed by atoms with E-state index in [0.717, 1.165) is 0 Å². The summed E-state index contributed by atoms with van der Waals surface area (Å²) in [5, 5.41) is 0. The summed E-state index contributed by atoms with van der Waals surface area (Å²) in [6, 6.07) is 14.8. The highest BCUT2D eigenvalue weighted by atomic mass is 32.2. The number of piperidine rings is 1. The molecule has 0 radical (unpaired) electrons. The molecular formula is C24H25NO6S. The molecule has 0 N–H and O–H groups in total. The minimum absolute atomic E-state index is 0.0200. The van der Waals surface area contributed by atoms with Crippen LogP contribution in [0.1, 0.15) is 30.1 Å². The zero-order valence-electron chi connectivity index (χ0n) is 17.8. The maximum atomic E-state index is 12.5. The summed E-state index contributed by atoms with van der Waals surface area (Å²) < 4.78 is 35.8. The third-order valence-electron chi connectivity index (χ3n) is 5.03. The van der Waals surface area contributed by atoms with Crippen molar-refractivity contribution in [2.45, 2.75) is 30.8 Å². The zero-order valence-corrected chi connectivity index (χ0v) is 18.6.